The number of hydrogen-bond acceptors (Lipinski definition) is 5. The van der Waals surface area contributed by atoms with E-state index in [1.807, 2.05) is 54.6 Å². The number of nitrogens with zero attached hydrogens (tertiary/aromatic N) is 2. The number of carbonyl (C=O) groups is 2. The first-order valence-electron chi connectivity index (χ1n) is 14.5. The van der Waals surface area contributed by atoms with E-state index < -0.39 is 0 Å². The van der Waals surface area contributed by atoms with Crippen molar-refractivity contribution in [2.24, 2.45) is 0 Å². The van der Waals surface area contributed by atoms with Crippen molar-refractivity contribution >= 4 is 23.2 Å². The van der Waals surface area contributed by atoms with E-state index in [0.29, 0.717) is 17.9 Å². The highest BCUT2D eigenvalue weighted by Crippen LogP contribution is 2.27. The molecule has 7 heteroatoms. The van der Waals surface area contributed by atoms with Gasteiger partial charge >= 0.3 is 0 Å². The van der Waals surface area contributed by atoms with Gasteiger partial charge in [0, 0.05) is 50.1 Å². The summed E-state index contributed by atoms with van der Waals surface area (Å²) in [6.07, 6.45) is 5.59. The Balaban J connectivity index is 1.24. The lowest BCUT2D eigenvalue weighted by Gasteiger charge is -2.37. The SMILES string of the molecule is O=C(COCc1ccccc1)Nc1ccc(N2CCN(Cc3ccccc3)CC2)c(C(=O)NC2CCCCC2)c1. The summed E-state index contributed by atoms with van der Waals surface area (Å²) in [5, 5.41) is 6.20. The highest BCUT2D eigenvalue weighted by Gasteiger charge is 2.24. The number of benzene rings is 3. The van der Waals surface area contributed by atoms with Crippen LogP contribution in [-0.2, 0) is 22.7 Å². The van der Waals surface area contributed by atoms with E-state index in [2.05, 4.69) is 44.7 Å². The summed E-state index contributed by atoms with van der Waals surface area (Å²) in [5.41, 5.74) is 4.48. The molecule has 7 nitrogen and oxygen atoms in total. The fourth-order valence-electron chi connectivity index (χ4n) is 5.60. The van der Waals surface area contributed by atoms with Crippen LogP contribution in [0.2, 0.25) is 0 Å². The number of hydrogen-bond donors (Lipinski definition) is 2. The number of anilines is 2. The molecule has 0 radical (unpaired) electrons. The molecular weight excluding hydrogens is 500 g/mol. The molecule has 40 heavy (non-hydrogen) atoms. The Hall–Kier alpha value is -3.68. The van der Waals surface area contributed by atoms with Crippen LogP contribution in [0.3, 0.4) is 0 Å². The van der Waals surface area contributed by atoms with Gasteiger partial charge in [0.2, 0.25) is 5.91 Å². The van der Waals surface area contributed by atoms with Crippen LogP contribution >= 0.6 is 0 Å². The fourth-order valence-corrected chi connectivity index (χ4v) is 5.60. The summed E-state index contributed by atoms with van der Waals surface area (Å²) in [4.78, 5) is 30.9. The lowest BCUT2D eigenvalue weighted by atomic mass is 9.95. The topological polar surface area (TPSA) is 73.9 Å². The van der Waals surface area contributed by atoms with Crippen molar-refractivity contribution in [3.8, 4) is 0 Å². The standard InChI is InChI=1S/C33H40N4O3/c38-32(25-40-24-27-12-6-2-7-13-27)34-29-16-17-31(30(22-29)33(39)35-28-14-8-3-9-15-28)37-20-18-36(19-21-37)23-26-10-4-1-5-11-26/h1-2,4-7,10-13,16-17,22,28H,3,8-9,14-15,18-21,23-25H2,(H,34,38)(H,35,39). The number of rotatable bonds is 10. The number of carbonyl (C=O) groups excluding carboxylic acids is 2. The molecule has 0 unspecified atom stereocenters. The second-order valence-corrected chi connectivity index (χ2v) is 10.8. The van der Waals surface area contributed by atoms with Gasteiger partial charge in [0.1, 0.15) is 6.61 Å². The smallest absolute Gasteiger partial charge is 0.253 e. The Kier molecular flexibility index (Phi) is 9.82. The molecule has 3 aromatic rings. The number of ether oxygens (including phenoxy) is 1. The molecule has 1 heterocycles. The van der Waals surface area contributed by atoms with Gasteiger partial charge in [0.15, 0.2) is 0 Å². The molecular formula is C33H40N4O3. The first-order chi connectivity index (χ1) is 19.6. The van der Waals surface area contributed by atoms with E-state index >= 15 is 0 Å². The van der Waals surface area contributed by atoms with E-state index in [1.165, 1.54) is 12.0 Å². The summed E-state index contributed by atoms with van der Waals surface area (Å²) in [6, 6.07) is 26.2. The minimum Gasteiger partial charge on any atom is -0.368 e. The van der Waals surface area contributed by atoms with Crippen LogP contribution in [0.5, 0.6) is 0 Å². The Labute approximate surface area is 237 Å². The Bertz CT molecular complexity index is 1240. The van der Waals surface area contributed by atoms with Crippen LogP contribution in [-0.4, -0.2) is 55.5 Å². The largest absolute Gasteiger partial charge is 0.368 e. The Morgan fingerprint density at radius 3 is 2.17 bits per heavy atom. The number of nitrogens with one attached hydrogen (secondary N) is 2. The molecule has 0 bridgehead atoms. The minimum absolute atomic E-state index is 0.0520. The number of piperazine rings is 1. The summed E-state index contributed by atoms with van der Waals surface area (Å²) in [6.45, 7) is 4.79. The summed E-state index contributed by atoms with van der Waals surface area (Å²) in [7, 11) is 0. The zero-order valence-electron chi connectivity index (χ0n) is 23.2. The van der Waals surface area contributed by atoms with Gasteiger partial charge in [-0.05, 0) is 42.2 Å². The molecule has 3 aromatic carbocycles. The highest BCUT2D eigenvalue weighted by atomic mass is 16.5. The molecule has 1 saturated carbocycles. The molecule has 0 spiro atoms. The van der Waals surface area contributed by atoms with E-state index in [-0.39, 0.29) is 24.5 Å². The molecule has 2 aliphatic rings. The van der Waals surface area contributed by atoms with Crippen LogP contribution in [0.15, 0.2) is 78.9 Å². The van der Waals surface area contributed by atoms with Crippen molar-refractivity contribution in [1.29, 1.82) is 0 Å². The third-order valence-corrected chi connectivity index (χ3v) is 7.77. The van der Waals surface area contributed by atoms with Crippen molar-refractivity contribution in [1.82, 2.24) is 10.2 Å². The van der Waals surface area contributed by atoms with Gasteiger partial charge in [0.05, 0.1) is 12.2 Å². The average molecular weight is 541 g/mol. The van der Waals surface area contributed by atoms with Gasteiger partial charge in [0.25, 0.3) is 5.91 Å². The van der Waals surface area contributed by atoms with Gasteiger partial charge in [-0.15, -0.1) is 0 Å². The van der Waals surface area contributed by atoms with Crippen LogP contribution < -0.4 is 15.5 Å². The maximum atomic E-state index is 13.6. The second kappa shape index (κ2) is 14.1. The van der Waals surface area contributed by atoms with Crippen LogP contribution in [0.25, 0.3) is 0 Å². The van der Waals surface area contributed by atoms with Crippen molar-refractivity contribution in [3.05, 3.63) is 95.6 Å². The van der Waals surface area contributed by atoms with Crippen molar-refractivity contribution in [2.75, 3.05) is 43.0 Å². The van der Waals surface area contributed by atoms with Crippen LogP contribution in [0, 0.1) is 0 Å². The highest BCUT2D eigenvalue weighted by molar-refractivity contribution is 6.02. The number of amides is 2. The van der Waals surface area contributed by atoms with Crippen molar-refractivity contribution < 1.29 is 14.3 Å². The van der Waals surface area contributed by atoms with Crippen molar-refractivity contribution in [2.45, 2.75) is 51.3 Å². The van der Waals surface area contributed by atoms with Crippen LogP contribution in [0.1, 0.15) is 53.6 Å². The molecule has 2 fully saturated rings. The van der Waals surface area contributed by atoms with E-state index in [9.17, 15) is 9.59 Å². The Morgan fingerprint density at radius 2 is 1.48 bits per heavy atom. The van der Waals surface area contributed by atoms with Crippen molar-refractivity contribution in [3.63, 3.8) is 0 Å². The third-order valence-electron chi connectivity index (χ3n) is 7.77. The molecule has 210 valence electrons. The molecule has 1 aliphatic carbocycles. The van der Waals surface area contributed by atoms with E-state index in [1.54, 1.807) is 0 Å². The maximum absolute atomic E-state index is 13.6. The Morgan fingerprint density at radius 1 is 0.800 bits per heavy atom. The summed E-state index contributed by atoms with van der Waals surface area (Å²) >= 11 is 0. The zero-order chi connectivity index (χ0) is 27.6. The second-order valence-electron chi connectivity index (χ2n) is 10.8. The lowest BCUT2D eigenvalue weighted by molar-refractivity contribution is -0.121. The van der Waals surface area contributed by atoms with Gasteiger partial charge in [-0.25, -0.2) is 0 Å². The minimum atomic E-state index is -0.239. The first-order valence-corrected chi connectivity index (χ1v) is 14.5. The van der Waals surface area contributed by atoms with Gasteiger partial charge in [-0.3, -0.25) is 14.5 Å². The first kappa shape index (κ1) is 27.9. The summed E-state index contributed by atoms with van der Waals surface area (Å²) < 4.78 is 5.60. The third kappa shape index (κ3) is 7.93. The maximum Gasteiger partial charge on any atom is 0.253 e. The molecule has 1 aliphatic heterocycles. The average Bonchev–Trinajstić information content (AvgIpc) is 2.99. The predicted molar refractivity (Wildman–Crippen MR) is 159 cm³/mol. The van der Waals surface area contributed by atoms with Gasteiger partial charge in [-0.2, -0.15) is 0 Å². The van der Waals surface area contributed by atoms with E-state index in [0.717, 1.165) is 69.7 Å². The lowest BCUT2D eigenvalue weighted by Crippen LogP contribution is -2.46. The molecule has 2 N–H and O–H groups in total. The van der Waals surface area contributed by atoms with Gasteiger partial charge < -0.3 is 20.3 Å². The van der Waals surface area contributed by atoms with Crippen LogP contribution in [0.4, 0.5) is 11.4 Å². The predicted octanol–water partition coefficient (Wildman–Crippen LogP) is 5.23. The zero-order valence-corrected chi connectivity index (χ0v) is 23.2. The quantitative estimate of drug-likeness (QED) is 0.369. The summed E-state index contributed by atoms with van der Waals surface area (Å²) in [5.74, 6) is -0.304. The van der Waals surface area contributed by atoms with Gasteiger partial charge in [-0.1, -0.05) is 79.9 Å². The monoisotopic (exact) mass is 540 g/mol. The molecule has 1 saturated heterocycles. The molecule has 0 aromatic heterocycles. The fraction of sp³-hybridized carbons (Fsp3) is 0.394. The molecule has 0 atom stereocenters. The normalized spacial score (nSPS) is 16.4. The molecule has 5 rings (SSSR count). The molecule has 2 amide bonds. The van der Waals surface area contributed by atoms with E-state index in [4.69, 9.17) is 4.74 Å².